The molecular weight excluding hydrogens is 264 g/mol. The number of nitrogen functional groups attached to an aromatic ring is 1. The maximum Gasteiger partial charge on any atom is 0.254 e. The number of aromatic nitrogens is 1. The summed E-state index contributed by atoms with van der Waals surface area (Å²) in [5.41, 5.74) is 3.10. The molecule has 0 aliphatic carbocycles. The van der Waals surface area contributed by atoms with Gasteiger partial charge in [0.15, 0.2) is 0 Å². The van der Waals surface area contributed by atoms with E-state index in [4.69, 9.17) is 17.4 Å². The summed E-state index contributed by atoms with van der Waals surface area (Å²) in [6, 6.07) is 3.20. The number of hydrogen-bond donors (Lipinski definition) is 2. The Labute approximate surface area is 118 Å². The monoisotopic (exact) mass is 282 g/mol. The molecule has 2 rings (SSSR count). The highest BCUT2D eigenvalue weighted by atomic mass is 35.5. The van der Waals surface area contributed by atoms with Crippen LogP contribution in [0, 0.1) is 5.41 Å². The first kappa shape index (κ1) is 14.1. The first-order chi connectivity index (χ1) is 8.91. The highest BCUT2D eigenvalue weighted by Crippen LogP contribution is 2.29. The topological polar surface area (TPSA) is 71.2 Å². The van der Waals surface area contributed by atoms with Crippen molar-refractivity contribution in [3.63, 3.8) is 0 Å². The number of nitrogens with two attached hydrogens (primary N) is 1. The number of carbonyl (C=O) groups excluding carboxylic acids is 1. The average Bonchev–Trinajstić information content (AvgIpc) is 2.35. The van der Waals surface area contributed by atoms with Gasteiger partial charge in [0.05, 0.1) is 0 Å². The summed E-state index contributed by atoms with van der Waals surface area (Å²) in [4.78, 5) is 18.3. The molecule has 1 aromatic rings. The van der Waals surface area contributed by atoms with E-state index in [0.29, 0.717) is 11.4 Å². The molecule has 1 aromatic heterocycles. The van der Waals surface area contributed by atoms with Crippen LogP contribution in [0.4, 0.5) is 5.82 Å². The Bertz CT molecular complexity index is 490. The molecule has 1 amide bonds. The summed E-state index contributed by atoms with van der Waals surface area (Å²) in [6.45, 7) is 5.91. The molecule has 0 spiro atoms. The van der Waals surface area contributed by atoms with Crippen molar-refractivity contribution in [3.8, 4) is 0 Å². The predicted molar refractivity (Wildman–Crippen MR) is 76.0 cm³/mol. The molecule has 2 heterocycles. The second-order valence-electron chi connectivity index (χ2n) is 5.70. The van der Waals surface area contributed by atoms with E-state index in [1.165, 1.54) is 0 Å². The molecule has 0 radical (unpaired) electrons. The first-order valence-corrected chi connectivity index (χ1v) is 6.72. The fourth-order valence-electron chi connectivity index (χ4n) is 2.47. The zero-order valence-electron chi connectivity index (χ0n) is 11.2. The van der Waals surface area contributed by atoms with Crippen LogP contribution in [-0.4, -0.2) is 28.9 Å². The van der Waals surface area contributed by atoms with Crippen molar-refractivity contribution in [2.24, 2.45) is 11.3 Å². The molecule has 0 unspecified atom stereocenters. The SMILES string of the molecule is CC1(C)CCCN(C(=O)c2cc(Cl)nc(NN)c2)C1. The highest BCUT2D eigenvalue weighted by molar-refractivity contribution is 6.29. The van der Waals surface area contributed by atoms with Gasteiger partial charge in [-0.05, 0) is 30.4 Å². The highest BCUT2D eigenvalue weighted by Gasteiger charge is 2.29. The third-order valence-electron chi connectivity index (χ3n) is 3.38. The van der Waals surface area contributed by atoms with Crippen molar-refractivity contribution in [1.29, 1.82) is 0 Å². The zero-order chi connectivity index (χ0) is 14.0. The number of hydrogen-bond acceptors (Lipinski definition) is 4. The molecule has 104 valence electrons. The van der Waals surface area contributed by atoms with Crippen LogP contribution in [0.1, 0.15) is 37.0 Å². The summed E-state index contributed by atoms with van der Waals surface area (Å²) in [6.07, 6.45) is 2.17. The molecule has 0 saturated carbocycles. The van der Waals surface area contributed by atoms with Gasteiger partial charge in [-0.2, -0.15) is 0 Å². The summed E-state index contributed by atoms with van der Waals surface area (Å²) in [5.74, 6) is 5.69. The van der Waals surface area contributed by atoms with Gasteiger partial charge in [0.2, 0.25) is 0 Å². The van der Waals surface area contributed by atoms with Crippen LogP contribution in [0.5, 0.6) is 0 Å². The molecule has 0 atom stereocenters. The van der Waals surface area contributed by atoms with Gasteiger partial charge in [-0.3, -0.25) is 4.79 Å². The molecular formula is C13H19ClN4O. The lowest BCUT2D eigenvalue weighted by Gasteiger charge is -2.38. The molecule has 1 aliphatic heterocycles. The summed E-state index contributed by atoms with van der Waals surface area (Å²) in [7, 11) is 0. The summed E-state index contributed by atoms with van der Waals surface area (Å²) >= 11 is 5.89. The number of anilines is 1. The van der Waals surface area contributed by atoms with Crippen molar-refractivity contribution in [1.82, 2.24) is 9.88 Å². The van der Waals surface area contributed by atoms with E-state index in [9.17, 15) is 4.79 Å². The van der Waals surface area contributed by atoms with Crippen molar-refractivity contribution >= 4 is 23.3 Å². The number of nitrogens with one attached hydrogen (secondary N) is 1. The number of rotatable bonds is 2. The zero-order valence-corrected chi connectivity index (χ0v) is 12.0. The summed E-state index contributed by atoms with van der Waals surface area (Å²) in [5, 5.41) is 0.259. The molecule has 5 nitrogen and oxygen atoms in total. The van der Waals surface area contributed by atoms with Gasteiger partial charge in [0, 0.05) is 18.7 Å². The van der Waals surface area contributed by atoms with E-state index >= 15 is 0 Å². The average molecular weight is 283 g/mol. The largest absolute Gasteiger partial charge is 0.338 e. The van der Waals surface area contributed by atoms with E-state index < -0.39 is 0 Å². The number of piperidine rings is 1. The molecule has 1 aliphatic rings. The number of hydrazine groups is 1. The number of likely N-dealkylation sites (tertiary alicyclic amines) is 1. The molecule has 6 heteroatoms. The Morgan fingerprint density at radius 1 is 1.53 bits per heavy atom. The molecule has 1 fully saturated rings. The van der Waals surface area contributed by atoms with E-state index in [0.717, 1.165) is 25.9 Å². The Balaban J connectivity index is 2.21. The lowest BCUT2D eigenvalue weighted by Crippen LogP contribution is -2.43. The van der Waals surface area contributed by atoms with Crippen LogP contribution in [0.3, 0.4) is 0 Å². The maximum absolute atomic E-state index is 12.5. The molecule has 19 heavy (non-hydrogen) atoms. The van der Waals surface area contributed by atoms with Crippen molar-refractivity contribution in [3.05, 3.63) is 22.8 Å². The van der Waals surface area contributed by atoms with E-state index in [2.05, 4.69) is 24.3 Å². The lowest BCUT2D eigenvalue weighted by molar-refractivity contribution is 0.0583. The minimum absolute atomic E-state index is 0.0198. The Morgan fingerprint density at radius 2 is 2.26 bits per heavy atom. The molecule has 0 bridgehead atoms. The normalized spacial score (nSPS) is 18.2. The molecule has 0 aromatic carbocycles. The van der Waals surface area contributed by atoms with Gasteiger partial charge in [-0.15, -0.1) is 0 Å². The molecule has 1 saturated heterocycles. The Kier molecular flexibility index (Phi) is 3.96. The van der Waals surface area contributed by atoms with Gasteiger partial charge >= 0.3 is 0 Å². The fraction of sp³-hybridized carbons (Fsp3) is 0.538. The minimum atomic E-state index is -0.0198. The van der Waals surface area contributed by atoms with Crippen molar-refractivity contribution in [2.75, 3.05) is 18.5 Å². The van der Waals surface area contributed by atoms with Gasteiger partial charge in [0.1, 0.15) is 11.0 Å². The van der Waals surface area contributed by atoms with Crippen LogP contribution in [0.15, 0.2) is 12.1 Å². The Hall–Kier alpha value is -1.33. The second kappa shape index (κ2) is 5.35. The number of carbonyl (C=O) groups is 1. The van der Waals surface area contributed by atoms with Gasteiger partial charge in [-0.25, -0.2) is 10.8 Å². The predicted octanol–water partition coefficient (Wildman–Crippen LogP) is 2.28. The van der Waals surface area contributed by atoms with Crippen LogP contribution >= 0.6 is 11.6 Å². The van der Waals surface area contributed by atoms with Crippen molar-refractivity contribution < 1.29 is 4.79 Å². The van der Waals surface area contributed by atoms with Gasteiger partial charge in [0.25, 0.3) is 5.91 Å². The number of pyridine rings is 1. The van der Waals surface area contributed by atoms with Crippen LogP contribution in [-0.2, 0) is 0 Å². The first-order valence-electron chi connectivity index (χ1n) is 6.35. The summed E-state index contributed by atoms with van der Waals surface area (Å²) < 4.78 is 0. The van der Waals surface area contributed by atoms with Crippen molar-refractivity contribution in [2.45, 2.75) is 26.7 Å². The number of nitrogens with zero attached hydrogens (tertiary/aromatic N) is 2. The lowest BCUT2D eigenvalue weighted by atomic mass is 9.84. The number of halogens is 1. The Morgan fingerprint density at radius 3 is 2.89 bits per heavy atom. The quantitative estimate of drug-likeness (QED) is 0.496. The standard InChI is InChI=1S/C13H19ClN4O/c1-13(2)4-3-5-18(8-13)12(19)9-6-10(14)16-11(7-9)17-15/h6-7H,3-5,8,15H2,1-2H3,(H,16,17). The second-order valence-corrected chi connectivity index (χ2v) is 6.09. The maximum atomic E-state index is 12.5. The van der Waals surface area contributed by atoms with Crippen LogP contribution in [0.25, 0.3) is 0 Å². The number of amides is 1. The van der Waals surface area contributed by atoms with Crippen LogP contribution in [0.2, 0.25) is 5.15 Å². The third-order valence-corrected chi connectivity index (χ3v) is 3.57. The third kappa shape index (κ3) is 3.36. The van der Waals surface area contributed by atoms with Gasteiger partial charge in [-0.1, -0.05) is 25.4 Å². The minimum Gasteiger partial charge on any atom is -0.338 e. The molecule has 3 N–H and O–H groups in total. The van der Waals surface area contributed by atoms with E-state index in [1.807, 2.05) is 4.90 Å². The van der Waals surface area contributed by atoms with E-state index in [-0.39, 0.29) is 16.5 Å². The fourth-order valence-corrected chi connectivity index (χ4v) is 2.68. The van der Waals surface area contributed by atoms with Gasteiger partial charge < -0.3 is 10.3 Å². The smallest absolute Gasteiger partial charge is 0.254 e. The van der Waals surface area contributed by atoms with Crippen LogP contribution < -0.4 is 11.3 Å². The van der Waals surface area contributed by atoms with E-state index in [1.54, 1.807) is 12.1 Å².